The van der Waals surface area contributed by atoms with Gasteiger partial charge in [0.25, 0.3) is 0 Å². The fourth-order valence-corrected chi connectivity index (χ4v) is 1.91. The van der Waals surface area contributed by atoms with Crippen LogP contribution in [0.3, 0.4) is 0 Å². The predicted octanol–water partition coefficient (Wildman–Crippen LogP) is 4.18. The average Bonchev–Trinajstić information content (AvgIpc) is 2.27. The lowest BCUT2D eigenvalue weighted by Gasteiger charge is -2.05. The van der Waals surface area contributed by atoms with Crippen LogP contribution in [0.2, 0.25) is 0 Å². The van der Waals surface area contributed by atoms with Crippen LogP contribution in [-0.4, -0.2) is 11.1 Å². The van der Waals surface area contributed by atoms with Crippen molar-refractivity contribution in [3.8, 4) is 0 Å². The molecule has 2 nitrogen and oxygen atoms in total. The van der Waals surface area contributed by atoms with E-state index in [0.29, 0.717) is 12.0 Å². The zero-order chi connectivity index (χ0) is 13.5. The van der Waals surface area contributed by atoms with Gasteiger partial charge in [-0.3, -0.25) is 0 Å². The van der Waals surface area contributed by atoms with Gasteiger partial charge >= 0.3 is 5.97 Å². The molecular formula is C14H18F2O2. The van der Waals surface area contributed by atoms with Crippen molar-refractivity contribution in [1.29, 1.82) is 0 Å². The maximum absolute atomic E-state index is 13.4. The number of carbonyl (C=O) groups is 1. The lowest BCUT2D eigenvalue weighted by molar-refractivity contribution is 0.0686. The first-order valence-corrected chi connectivity index (χ1v) is 6.27. The van der Waals surface area contributed by atoms with Gasteiger partial charge in [0.15, 0.2) is 0 Å². The van der Waals surface area contributed by atoms with E-state index in [1.165, 1.54) is 6.42 Å². The van der Waals surface area contributed by atoms with Crippen LogP contribution in [0, 0.1) is 11.6 Å². The summed E-state index contributed by atoms with van der Waals surface area (Å²) in [5, 5.41) is 8.63. The topological polar surface area (TPSA) is 37.3 Å². The summed E-state index contributed by atoms with van der Waals surface area (Å²) in [5.41, 5.74) is -0.351. The minimum atomic E-state index is -1.57. The second-order valence-corrected chi connectivity index (χ2v) is 4.40. The molecule has 0 amide bonds. The van der Waals surface area contributed by atoms with E-state index in [-0.39, 0.29) is 0 Å². The SMILES string of the molecule is CCCCCCCc1cc(F)c(C(=O)O)c(F)c1. The fraction of sp³-hybridized carbons (Fsp3) is 0.500. The molecule has 100 valence electrons. The zero-order valence-electron chi connectivity index (χ0n) is 10.5. The molecule has 1 N–H and O–H groups in total. The monoisotopic (exact) mass is 256 g/mol. The van der Waals surface area contributed by atoms with Gasteiger partial charge in [-0.2, -0.15) is 0 Å². The van der Waals surface area contributed by atoms with Gasteiger partial charge in [0.05, 0.1) is 0 Å². The van der Waals surface area contributed by atoms with E-state index in [9.17, 15) is 13.6 Å². The molecule has 0 aliphatic heterocycles. The molecule has 1 aromatic rings. The van der Waals surface area contributed by atoms with E-state index in [2.05, 4.69) is 6.92 Å². The van der Waals surface area contributed by atoms with Crippen molar-refractivity contribution in [3.05, 3.63) is 34.9 Å². The number of hydrogen-bond donors (Lipinski definition) is 1. The second-order valence-electron chi connectivity index (χ2n) is 4.40. The van der Waals surface area contributed by atoms with Gasteiger partial charge in [-0.15, -0.1) is 0 Å². The molecule has 0 spiro atoms. The largest absolute Gasteiger partial charge is 0.477 e. The van der Waals surface area contributed by atoms with E-state index in [1.807, 2.05) is 0 Å². The van der Waals surface area contributed by atoms with Crippen molar-refractivity contribution in [2.45, 2.75) is 45.4 Å². The highest BCUT2D eigenvalue weighted by Crippen LogP contribution is 2.17. The number of rotatable bonds is 7. The standard InChI is InChI=1S/C14H18F2O2/c1-2-3-4-5-6-7-10-8-11(15)13(14(17)18)12(16)9-10/h8-9H,2-7H2,1H3,(H,17,18). The number of aromatic carboxylic acids is 1. The van der Waals surface area contributed by atoms with Crippen LogP contribution in [0.1, 0.15) is 54.9 Å². The highest BCUT2D eigenvalue weighted by molar-refractivity contribution is 5.88. The van der Waals surface area contributed by atoms with Gasteiger partial charge in [0.1, 0.15) is 17.2 Å². The van der Waals surface area contributed by atoms with E-state index < -0.39 is 23.2 Å². The number of aryl methyl sites for hydroxylation is 1. The van der Waals surface area contributed by atoms with Crippen molar-refractivity contribution in [2.24, 2.45) is 0 Å². The summed E-state index contributed by atoms with van der Waals surface area (Å²) in [6.45, 7) is 2.12. The Hall–Kier alpha value is -1.45. The molecule has 0 radical (unpaired) electrons. The minimum absolute atomic E-state index is 0.520. The molecule has 0 aromatic heterocycles. The lowest BCUT2D eigenvalue weighted by atomic mass is 10.0. The summed E-state index contributed by atoms with van der Waals surface area (Å²) in [4.78, 5) is 10.6. The summed E-state index contributed by atoms with van der Waals surface area (Å²) in [6.07, 6.45) is 5.91. The minimum Gasteiger partial charge on any atom is -0.477 e. The fourth-order valence-electron chi connectivity index (χ4n) is 1.91. The maximum Gasteiger partial charge on any atom is 0.341 e. The molecule has 0 saturated carbocycles. The summed E-state index contributed by atoms with van der Waals surface area (Å²) >= 11 is 0. The van der Waals surface area contributed by atoms with Crippen molar-refractivity contribution in [1.82, 2.24) is 0 Å². The van der Waals surface area contributed by atoms with Crippen molar-refractivity contribution < 1.29 is 18.7 Å². The third kappa shape index (κ3) is 4.09. The predicted molar refractivity (Wildman–Crippen MR) is 65.8 cm³/mol. The smallest absolute Gasteiger partial charge is 0.341 e. The summed E-state index contributed by atoms with van der Waals surface area (Å²) in [5.74, 6) is -3.56. The van der Waals surface area contributed by atoms with E-state index >= 15 is 0 Å². The summed E-state index contributed by atoms with van der Waals surface area (Å²) in [6, 6.07) is 2.23. The number of hydrogen-bond acceptors (Lipinski definition) is 1. The third-order valence-corrected chi connectivity index (χ3v) is 2.88. The van der Waals surface area contributed by atoms with Crippen LogP contribution >= 0.6 is 0 Å². The molecule has 0 fully saturated rings. The van der Waals surface area contributed by atoms with Crippen molar-refractivity contribution in [2.75, 3.05) is 0 Å². The molecule has 4 heteroatoms. The summed E-state index contributed by atoms with van der Waals surface area (Å²) in [7, 11) is 0. The van der Waals surface area contributed by atoms with E-state index in [1.54, 1.807) is 0 Å². The number of unbranched alkanes of at least 4 members (excludes halogenated alkanes) is 4. The maximum atomic E-state index is 13.4. The molecule has 0 aliphatic carbocycles. The van der Waals surface area contributed by atoms with Gasteiger partial charge in [-0.05, 0) is 30.5 Å². The molecule has 0 saturated heterocycles. The molecule has 18 heavy (non-hydrogen) atoms. The highest BCUT2D eigenvalue weighted by Gasteiger charge is 2.17. The molecule has 0 bridgehead atoms. The molecule has 0 atom stereocenters. The zero-order valence-corrected chi connectivity index (χ0v) is 10.5. The Balaban J connectivity index is 2.61. The van der Waals surface area contributed by atoms with Gasteiger partial charge in [-0.25, -0.2) is 13.6 Å². The van der Waals surface area contributed by atoms with Gasteiger partial charge in [0, 0.05) is 0 Å². The first-order chi connectivity index (χ1) is 8.56. The molecule has 0 aliphatic rings. The Kier molecular flexibility index (Phi) is 5.75. The molecular weight excluding hydrogens is 238 g/mol. The lowest BCUT2D eigenvalue weighted by Crippen LogP contribution is -2.05. The Bertz CT molecular complexity index is 393. The molecule has 1 aromatic carbocycles. The van der Waals surface area contributed by atoms with Crippen LogP contribution in [0.15, 0.2) is 12.1 Å². The molecule has 0 heterocycles. The van der Waals surface area contributed by atoms with Crippen LogP contribution in [0.5, 0.6) is 0 Å². The van der Waals surface area contributed by atoms with E-state index in [4.69, 9.17) is 5.11 Å². The Morgan fingerprint density at radius 3 is 2.17 bits per heavy atom. The summed E-state index contributed by atoms with van der Waals surface area (Å²) < 4.78 is 26.7. The van der Waals surface area contributed by atoms with Crippen LogP contribution in [0.4, 0.5) is 8.78 Å². The number of carboxylic acids is 1. The van der Waals surface area contributed by atoms with Crippen molar-refractivity contribution >= 4 is 5.97 Å². The number of benzene rings is 1. The average molecular weight is 256 g/mol. The van der Waals surface area contributed by atoms with E-state index in [0.717, 1.165) is 37.8 Å². The first-order valence-electron chi connectivity index (χ1n) is 6.27. The van der Waals surface area contributed by atoms with Crippen LogP contribution < -0.4 is 0 Å². The Morgan fingerprint density at radius 2 is 1.67 bits per heavy atom. The Morgan fingerprint density at radius 1 is 1.11 bits per heavy atom. The number of carboxylic acid groups (broad SMARTS) is 1. The normalized spacial score (nSPS) is 10.6. The molecule has 0 unspecified atom stereocenters. The van der Waals surface area contributed by atoms with Crippen molar-refractivity contribution in [3.63, 3.8) is 0 Å². The Labute approximate surface area is 106 Å². The van der Waals surface area contributed by atoms with Gasteiger partial charge in [0.2, 0.25) is 0 Å². The van der Waals surface area contributed by atoms with Gasteiger partial charge in [-0.1, -0.05) is 32.6 Å². The third-order valence-electron chi connectivity index (χ3n) is 2.88. The van der Waals surface area contributed by atoms with Crippen LogP contribution in [0.25, 0.3) is 0 Å². The molecule has 1 rings (SSSR count). The quantitative estimate of drug-likeness (QED) is 0.743. The second kappa shape index (κ2) is 7.09. The number of halogens is 2. The van der Waals surface area contributed by atoms with Crippen LogP contribution in [-0.2, 0) is 6.42 Å². The first kappa shape index (κ1) is 14.6. The van der Waals surface area contributed by atoms with Gasteiger partial charge < -0.3 is 5.11 Å². The highest BCUT2D eigenvalue weighted by atomic mass is 19.1.